The summed E-state index contributed by atoms with van der Waals surface area (Å²) in [6, 6.07) is 21.4. The van der Waals surface area contributed by atoms with Crippen LogP contribution in [0.15, 0.2) is 77.9 Å². The van der Waals surface area contributed by atoms with Crippen LogP contribution < -0.4 is 0 Å². The van der Waals surface area contributed by atoms with E-state index in [2.05, 4.69) is 80.4 Å². The van der Waals surface area contributed by atoms with Gasteiger partial charge in [-0.2, -0.15) is 0 Å². The van der Waals surface area contributed by atoms with E-state index in [1.54, 1.807) is 0 Å². The van der Waals surface area contributed by atoms with Gasteiger partial charge in [-0.25, -0.2) is 0 Å². The molecular weight excluding hydrogens is 344 g/mol. The van der Waals surface area contributed by atoms with Crippen LogP contribution in [0.2, 0.25) is 0 Å². The van der Waals surface area contributed by atoms with Crippen molar-refractivity contribution in [3.8, 4) is 0 Å². The highest BCUT2D eigenvalue weighted by molar-refractivity contribution is 5.99. The molecule has 0 aromatic heterocycles. The first-order valence-electron chi connectivity index (χ1n) is 10.3. The van der Waals surface area contributed by atoms with E-state index in [-0.39, 0.29) is 6.04 Å². The molecule has 3 nitrogen and oxygen atoms in total. The van der Waals surface area contributed by atoms with Crippen LogP contribution in [0.1, 0.15) is 44.7 Å². The molecule has 148 valence electrons. The van der Waals surface area contributed by atoms with Gasteiger partial charge in [-0.15, -0.1) is 0 Å². The summed E-state index contributed by atoms with van der Waals surface area (Å²) in [5.41, 5.74) is 2.36. The fraction of sp³-hybridized carbons (Fsp3) is 0.400. The maximum Gasteiger partial charge on any atom is 0.135 e. The average molecular weight is 377 g/mol. The number of nitrogens with zero attached hydrogens (tertiary/aromatic N) is 2. The summed E-state index contributed by atoms with van der Waals surface area (Å²) in [4.78, 5) is 7.54. The molecule has 1 aliphatic rings. The topological polar surface area (TPSA) is 24.8 Å². The lowest BCUT2D eigenvalue weighted by molar-refractivity contribution is 0.0976. The van der Waals surface area contributed by atoms with Gasteiger partial charge in [0, 0.05) is 17.8 Å². The molecule has 0 fully saturated rings. The van der Waals surface area contributed by atoms with Gasteiger partial charge in [-0.1, -0.05) is 80.6 Å². The number of ether oxygens (including phenoxy) is 1. The molecule has 0 aliphatic carbocycles. The Kier molecular flexibility index (Phi) is 7.44. The van der Waals surface area contributed by atoms with Crippen LogP contribution in [0.5, 0.6) is 0 Å². The fourth-order valence-corrected chi connectivity index (χ4v) is 3.38. The third-order valence-electron chi connectivity index (χ3n) is 5.23. The van der Waals surface area contributed by atoms with E-state index in [4.69, 9.17) is 9.73 Å². The predicted molar refractivity (Wildman–Crippen MR) is 117 cm³/mol. The summed E-state index contributed by atoms with van der Waals surface area (Å²) < 4.78 is 6.05. The molecule has 3 heteroatoms. The highest BCUT2D eigenvalue weighted by Crippen LogP contribution is 2.20. The minimum absolute atomic E-state index is 0.112. The van der Waals surface area contributed by atoms with Crippen molar-refractivity contribution in [3.05, 3.63) is 84.1 Å². The first-order chi connectivity index (χ1) is 13.6. The molecule has 28 heavy (non-hydrogen) atoms. The van der Waals surface area contributed by atoms with Crippen molar-refractivity contribution in [3.63, 3.8) is 0 Å². The normalized spacial score (nSPS) is 18.5. The van der Waals surface area contributed by atoms with Crippen molar-refractivity contribution in [1.82, 2.24) is 4.90 Å². The van der Waals surface area contributed by atoms with Crippen LogP contribution in [0.25, 0.3) is 0 Å². The molecule has 0 saturated heterocycles. The molecule has 0 saturated carbocycles. The third kappa shape index (κ3) is 5.56. The van der Waals surface area contributed by atoms with Crippen LogP contribution in [0.3, 0.4) is 0 Å². The van der Waals surface area contributed by atoms with Gasteiger partial charge in [0.2, 0.25) is 0 Å². The highest BCUT2D eigenvalue weighted by atomic mass is 16.5. The van der Waals surface area contributed by atoms with E-state index in [0.717, 1.165) is 24.2 Å². The molecule has 1 heterocycles. The van der Waals surface area contributed by atoms with Crippen molar-refractivity contribution < 1.29 is 4.74 Å². The summed E-state index contributed by atoms with van der Waals surface area (Å²) in [7, 11) is 0. The Labute approximate surface area is 169 Å². The molecule has 0 radical (unpaired) electrons. The molecule has 2 atom stereocenters. The molecule has 1 aliphatic heterocycles. The van der Waals surface area contributed by atoms with Crippen LogP contribution in [0.4, 0.5) is 0 Å². The number of benzene rings is 2. The summed E-state index contributed by atoms with van der Waals surface area (Å²) in [6.07, 6.45) is 6.73. The van der Waals surface area contributed by atoms with Crippen LogP contribution in [-0.2, 0) is 11.3 Å². The highest BCUT2D eigenvalue weighted by Gasteiger charge is 2.22. The van der Waals surface area contributed by atoms with E-state index in [9.17, 15) is 0 Å². The summed E-state index contributed by atoms with van der Waals surface area (Å²) in [6.45, 7) is 7.96. The van der Waals surface area contributed by atoms with Crippen LogP contribution in [-0.4, -0.2) is 29.4 Å². The number of amidine groups is 1. The number of allylic oxidation sites excluding steroid dienone is 1. The maximum atomic E-state index is 6.05. The third-order valence-corrected chi connectivity index (χ3v) is 5.23. The average Bonchev–Trinajstić information content (AvgIpc) is 2.72. The molecule has 0 N–H and O–H groups in total. The first-order valence-corrected chi connectivity index (χ1v) is 10.3. The Morgan fingerprint density at radius 3 is 2.39 bits per heavy atom. The SMILES string of the molecule is CC(C)[C@@H](COCc1ccccc1)N=C(c1ccccc1)N1C=CCC[C@H]1C. The quantitative estimate of drug-likeness (QED) is 0.459. The Hall–Kier alpha value is -2.39. The molecule has 0 amide bonds. The monoisotopic (exact) mass is 376 g/mol. The minimum Gasteiger partial charge on any atom is -0.375 e. The van der Waals surface area contributed by atoms with Crippen molar-refractivity contribution >= 4 is 5.84 Å². The van der Waals surface area contributed by atoms with Gasteiger partial charge < -0.3 is 9.64 Å². The molecule has 0 bridgehead atoms. The van der Waals surface area contributed by atoms with Crippen LogP contribution in [0, 0.1) is 5.92 Å². The fourth-order valence-electron chi connectivity index (χ4n) is 3.38. The van der Waals surface area contributed by atoms with E-state index >= 15 is 0 Å². The lowest BCUT2D eigenvalue weighted by Gasteiger charge is -2.33. The van der Waals surface area contributed by atoms with Crippen molar-refractivity contribution in [1.29, 1.82) is 0 Å². The van der Waals surface area contributed by atoms with Gasteiger partial charge in [-0.3, -0.25) is 4.99 Å². The summed E-state index contributed by atoms with van der Waals surface area (Å²) >= 11 is 0. The molecule has 0 spiro atoms. The van der Waals surface area contributed by atoms with E-state index in [1.807, 2.05) is 18.2 Å². The second kappa shape index (κ2) is 10.2. The zero-order valence-electron chi connectivity index (χ0n) is 17.3. The van der Waals surface area contributed by atoms with Gasteiger partial charge in [-0.05, 0) is 31.2 Å². The number of hydrogen-bond acceptors (Lipinski definition) is 2. The number of aliphatic imine (C=N–C) groups is 1. The van der Waals surface area contributed by atoms with Gasteiger partial charge >= 0.3 is 0 Å². The molecular formula is C25H32N2O. The van der Waals surface area contributed by atoms with E-state index in [0.29, 0.717) is 25.2 Å². The Bertz CT molecular complexity index is 768. The molecule has 2 aromatic carbocycles. The van der Waals surface area contributed by atoms with Crippen molar-refractivity contribution in [2.45, 2.75) is 52.3 Å². The van der Waals surface area contributed by atoms with Crippen molar-refractivity contribution in [2.24, 2.45) is 10.9 Å². The zero-order chi connectivity index (χ0) is 19.8. The van der Waals surface area contributed by atoms with Crippen LogP contribution >= 0.6 is 0 Å². The van der Waals surface area contributed by atoms with Crippen molar-refractivity contribution in [2.75, 3.05) is 6.61 Å². The standard InChI is InChI=1S/C25H32N2O/c1-20(2)24(19-28-18-22-13-6-4-7-14-22)26-25(23-15-8-5-9-16-23)27-17-11-10-12-21(27)3/h4-9,11,13-17,20-21,24H,10,12,18-19H2,1-3H3/t21-,24-/m1/s1. The summed E-state index contributed by atoms with van der Waals surface area (Å²) in [5.74, 6) is 1.45. The summed E-state index contributed by atoms with van der Waals surface area (Å²) in [5, 5.41) is 0. The lowest BCUT2D eigenvalue weighted by atomic mass is 10.0. The minimum atomic E-state index is 0.112. The number of hydrogen-bond donors (Lipinski definition) is 0. The van der Waals surface area contributed by atoms with Gasteiger partial charge in [0.1, 0.15) is 5.84 Å². The molecule has 3 rings (SSSR count). The second-order valence-electron chi connectivity index (χ2n) is 7.85. The zero-order valence-corrected chi connectivity index (χ0v) is 17.3. The van der Waals surface area contributed by atoms with E-state index < -0.39 is 0 Å². The Balaban J connectivity index is 1.80. The van der Waals surface area contributed by atoms with Gasteiger partial charge in [0.05, 0.1) is 19.3 Å². The van der Waals surface area contributed by atoms with Gasteiger partial charge in [0.25, 0.3) is 0 Å². The first kappa shape index (κ1) is 20.3. The predicted octanol–water partition coefficient (Wildman–Crippen LogP) is 5.67. The Morgan fingerprint density at radius 2 is 1.75 bits per heavy atom. The number of rotatable bonds is 7. The molecule has 0 unspecified atom stereocenters. The molecule has 2 aromatic rings. The Morgan fingerprint density at radius 1 is 1.07 bits per heavy atom. The largest absolute Gasteiger partial charge is 0.375 e. The van der Waals surface area contributed by atoms with Gasteiger partial charge in [0.15, 0.2) is 0 Å². The lowest BCUT2D eigenvalue weighted by Crippen LogP contribution is -2.38. The second-order valence-corrected chi connectivity index (χ2v) is 7.85. The maximum absolute atomic E-state index is 6.05. The van der Waals surface area contributed by atoms with E-state index in [1.165, 1.54) is 5.56 Å². The smallest absolute Gasteiger partial charge is 0.135 e.